The molecule has 1 unspecified atom stereocenters. The van der Waals surface area contributed by atoms with Crippen molar-refractivity contribution in [2.24, 2.45) is 0 Å². The number of hydrogen-bond acceptors (Lipinski definition) is 8. The van der Waals surface area contributed by atoms with E-state index in [2.05, 4.69) is 21.5 Å². The van der Waals surface area contributed by atoms with Gasteiger partial charge in [0.05, 0.1) is 18.1 Å². The molecule has 1 heterocycles. The number of ether oxygens (including phenoxy) is 1. The molecule has 2 aromatic carbocycles. The maximum absolute atomic E-state index is 11.1. The Labute approximate surface area is 189 Å². The van der Waals surface area contributed by atoms with Crippen molar-refractivity contribution in [1.29, 1.82) is 5.26 Å². The SMILES string of the molecule is CC(C)Oc1ccc(-c2nc(-c3ccc(CNC(CC(=O)O)C(=O)O)cc3)no2)cc1C#N. The Hall–Kier alpha value is -4.23. The van der Waals surface area contributed by atoms with Crippen LogP contribution in [0.5, 0.6) is 5.75 Å². The minimum absolute atomic E-state index is 0.0664. The molecule has 0 aliphatic carbocycles. The summed E-state index contributed by atoms with van der Waals surface area (Å²) in [5, 5.41) is 34.0. The van der Waals surface area contributed by atoms with E-state index in [1.165, 1.54) is 0 Å². The lowest BCUT2D eigenvalue weighted by atomic mass is 10.1. The van der Waals surface area contributed by atoms with Gasteiger partial charge in [-0.3, -0.25) is 14.9 Å². The fourth-order valence-electron chi connectivity index (χ4n) is 3.00. The molecule has 0 spiro atoms. The summed E-state index contributed by atoms with van der Waals surface area (Å²) in [6.45, 7) is 3.94. The Bertz CT molecular complexity index is 1180. The quantitative estimate of drug-likeness (QED) is 0.419. The van der Waals surface area contributed by atoms with Crippen LogP contribution in [0.25, 0.3) is 22.8 Å². The highest BCUT2D eigenvalue weighted by molar-refractivity contribution is 5.80. The Morgan fingerprint density at radius 3 is 2.45 bits per heavy atom. The summed E-state index contributed by atoms with van der Waals surface area (Å²) < 4.78 is 11.0. The van der Waals surface area contributed by atoms with Crippen LogP contribution in [0.15, 0.2) is 47.0 Å². The summed E-state index contributed by atoms with van der Waals surface area (Å²) in [7, 11) is 0. The zero-order valence-corrected chi connectivity index (χ0v) is 18.0. The number of aliphatic carboxylic acids is 2. The average Bonchev–Trinajstić information content (AvgIpc) is 3.27. The second kappa shape index (κ2) is 10.4. The lowest BCUT2D eigenvalue weighted by Crippen LogP contribution is -2.38. The van der Waals surface area contributed by atoms with Gasteiger partial charge < -0.3 is 19.5 Å². The highest BCUT2D eigenvalue weighted by Crippen LogP contribution is 2.28. The number of carbonyl (C=O) groups is 2. The van der Waals surface area contributed by atoms with Crippen molar-refractivity contribution in [1.82, 2.24) is 15.5 Å². The van der Waals surface area contributed by atoms with Crippen LogP contribution in [-0.4, -0.2) is 44.4 Å². The first-order valence-corrected chi connectivity index (χ1v) is 10.1. The van der Waals surface area contributed by atoms with Gasteiger partial charge in [0.25, 0.3) is 5.89 Å². The molecule has 1 aromatic heterocycles. The molecule has 0 amide bonds. The van der Waals surface area contributed by atoms with Crippen molar-refractivity contribution in [3.8, 4) is 34.7 Å². The zero-order chi connectivity index (χ0) is 24.0. The third-order valence-electron chi connectivity index (χ3n) is 4.58. The lowest BCUT2D eigenvalue weighted by molar-refractivity contribution is -0.146. The summed E-state index contributed by atoms with van der Waals surface area (Å²) in [6.07, 6.45) is -0.583. The first-order chi connectivity index (χ1) is 15.8. The van der Waals surface area contributed by atoms with Gasteiger partial charge in [0, 0.05) is 17.7 Å². The standard InChI is InChI=1S/C23H22N4O6/c1-13(2)32-19-8-7-16(9-17(19)11-24)22-26-21(27-33-22)15-5-3-14(4-6-15)12-25-18(23(30)31)10-20(28)29/h3-9,13,18,25H,10,12H2,1-2H3,(H,28,29)(H,30,31). The Morgan fingerprint density at radius 1 is 1.15 bits per heavy atom. The van der Waals surface area contributed by atoms with E-state index in [0.29, 0.717) is 28.3 Å². The molecule has 0 saturated heterocycles. The summed E-state index contributed by atoms with van der Waals surface area (Å²) in [4.78, 5) is 26.3. The lowest BCUT2D eigenvalue weighted by Gasteiger charge is -2.12. The molecule has 10 nitrogen and oxygen atoms in total. The number of nitrogens with zero attached hydrogens (tertiary/aromatic N) is 3. The van der Waals surface area contributed by atoms with E-state index in [1.807, 2.05) is 13.8 Å². The van der Waals surface area contributed by atoms with E-state index in [9.17, 15) is 14.9 Å². The molecule has 0 saturated carbocycles. The van der Waals surface area contributed by atoms with Crippen molar-refractivity contribution in [2.75, 3.05) is 0 Å². The van der Waals surface area contributed by atoms with Crippen LogP contribution in [0.3, 0.4) is 0 Å². The largest absolute Gasteiger partial charge is 0.490 e. The maximum Gasteiger partial charge on any atom is 0.321 e. The third kappa shape index (κ3) is 6.15. The van der Waals surface area contributed by atoms with Gasteiger partial charge in [-0.1, -0.05) is 29.4 Å². The van der Waals surface area contributed by atoms with Gasteiger partial charge in [-0.25, -0.2) is 0 Å². The molecule has 33 heavy (non-hydrogen) atoms. The van der Waals surface area contributed by atoms with Crippen molar-refractivity contribution < 1.29 is 29.1 Å². The van der Waals surface area contributed by atoms with Gasteiger partial charge in [-0.15, -0.1) is 0 Å². The average molecular weight is 450 g/mol. The van der Waals surface area contributed by atoms with Crippen LogP contribution in [0.2, 0.25) is 0 Å². The minimum Gasteiger partial charge on any atom is -0.490 e. The molecule has 0 aliphatic heterocycles. The molecule has 3 rings (SSSR count). The predicted molar refractivity (Wildman–Crippen MR) is 116 cm³/mol. The molecule has 0 aliphatic rings. The van der Waals surface area contributed by atoms with Crippen LogP contribution < -0.4 is 10.1 Å². The van der Waals surface area contributed by atoms with Crippen LogP contribution in [-0.2, 0) is 16.1 Å². The van der Waals surface area contributed by atoms with Gasteiger partial charge in [-0.05, 0) is 37.6 Å². The minimum atomic E-state index is -1.23. The van der Waals surface area contributed by atoms with Gasteiger partial charge >= 0.3 is 11.9 Å². The highest BCUT2D eigenvalue weighted by Gasteiger charge is 2.20. The number of benzene rings is 2. The zero-order valence-electron chi connectivity index (χ0n) is 18.0. The Kier molecular flexibility index (Phi) is 7.38. The van der Waals surface area contributed by atoms with Crippen LogP contribution in [0.1, 0.15) is 31.4 Å². The second-order valence-corrected chi connectivity index (χ2v) is 7.48. The first-order valence-electron chi connectivity index (χ1n) is 10.1. The Morgan fingerprint density at radius 2 is 1.85 bits per heavy atom. The number of hydrogen-bond donors (Lipinski definition) is 3. The third-order valence-corrected chi connectivity index (χ3v) is 4.58. The van der Waals surface area contributed by atoms with Gasteiger partial charge in [-0.2, -0.15) is 10.2 Å². The molecule has 0 bridgehead atoms. The van der Waals surface area contributed by atoms with Crippen molar-refractivity contribution in [3.05, 3.63) is 53.6 Å². The molecule has 10 heteroatoms. The second-order valence-electron chi connectivity index (χ2n) is 7.48. The summed E-state index contributed by atoms with van der Waals surface area (Å²) in [5.41, 5.74) is 2.38. The fraction of sp³-hybridized carbons (Fsp3) is 0.261. The maximum atomic E-state index is 11.1. The number of rotatable bonds is 10. The fourth-order valence-corrected chi connectivity index (χ4v) is 3.00. The van der Waals surface area contributed by atoms with Crippen molar-refractivity contribution in [3.63, 3.8) is 0 Å². The molecule has 3 N–H and O–H groups in total. The summed E-state index contributed by atoms with van der Waals surface area (Å²) in [6, 6.07) is 13.0. The molecule has 0 fully saturated rings. The molecular weight excluding hydrogens is 428 g/mol. The van der Waals surface area contributed by atoms with E-state index in [0.717, 1.165) is 5.56 Å². The smallest absolute Gasteiger partial charge is 0.321 e. The van der Waals surface area contributed by atoms with E-state index >= 15 is 0 Å². The topological polar surface area (TPSA) is 159 Å². The normalized spacial score (nSPS) is 11.7. The van der Waals surface area contributed by atoms with Gasteiger partial charge in [0.15, 0.2) is 0 Å². The summed E-state index contributed by atoms with van der Waals surface area (Å²) in [5.74, 6) is -1.34. The van der Waals surface area contributed by atoms with E-state index in [4.69, 9.17) is 19.5 Å². The van der Waals surface area contributed by atoms with Crippen LogP contribution >= 0.6 is 0 Å². The monoisotopic (exact) mass is 450 g/mol. The Balaban J connectivity index is 1.71. The number of carboxylic acid groups (broad SMARTS) is 2. The molecule has 170 valence electrons. The molecular formula is C23H22N4O6. The van der Waals surface area contributed by atoms with Crippen molar-refractivity contribution in [2.45, 2.75) is 39.0 Å². The first kappa shape index (κ1) is 23.4. The van der Waals surface area contributed by atoms with Crippen LogP contribution in [0.4, 0.5) is 0 Å². The number of carboxylic acids is 2. The molecule has 3 aromatic rings. The highest BCUT2D eigenvalue weighted by atomic mass is 16.5. The number of nitrogens with one attached hydrogen (secondary N) is 1. The van der Waals surface area contributed by atoms with Crippen LogP contribution in [0, 0.1) is 11.3 Å². The molecule has 1 atom stereocenters. The number of aromatic nitrogens is 2. The van der Waals surface area contributed by atoms with Gasteiger partial charge in [0.1, 0.15) is 17.9 Å². The molecule has 0 radical (unpaired) electrons. The number of nitriles is 1. The van der Waals surface area contributed by atoms with E-state index in [-0.39, 0.29) is 18.5 Å². The van der Waals surface area contributed by atoms with E-state index in [1.54, 1.807) is 42.5 Å². The summed E-state index contributed by atoms with van der Waals surface area (Å²) >= 11 is 0. The van der Waals surface area contributed by atoms with Gasteiger partial charge in [0.2, 0.25) is 5.82 Å². The van der Waals surface area contributed by atoms with E-state index < -0.39 is 24.4 Å². The van der Waals surface area contributed by atoms with Crippen molar-refractivity contribution >= 4 is 11.9 Å². The predicted octanol–water partition coefficient (Wildman–Crippen LogP) is 3.08.